The van der Waals surface area contributed by atoms with Gasteiger partial charge < -0.3 is 19.7 Å². The molecule has 0 saturated carbocycles. The number of piperidine rings is 1. The molecule has 0 aromatic heterocycles. The van der Waals surface area contributed by atoms with Crippen LogP contribution >= 0.6 is 0 Å². The van der Waals surface area contributed by atoms with Gasteiger partial charge in [-0.15, -0.1) is 0 Å². The first-order valence-corrected chi connectivity index (χ1v) is 8.01. The highest BCUT2D eigenvalue weighted by atomic mass is 16.5. The molecule has 1 fully saturated rings. The second-order valence-electron chi connectivity index (χ2n) is 5.50. The average Bonchev–Trinajstić information content (AvgIpc) is 2.55. The zero-order chi connectivity index (χ0) is 14.8. The zero-order valence-corrected chi connectivity index (χ0v) is 13.1. The molecule has 1 aromatic carbocycles. The van der Waals surface area contributed by atoms with Crippen molar-refractivity contribution < 1.29 is 9.47 Å². The molecule has 118 valence electrons. The van der Waals surface area contributed by atoms with Crippen molar-refractivity contribution in [2.45, 2.75) is 25.8 Å². The average molecular weight is 292 g/mol. The molecule has 4 nitrogen and oxygen atoms in total. The fourth-order valence-corrected chi connectivity index (χ4v) is 2.60. The molecule has 0 bridgehead atoms. The molecule has 1 N–H and O–H groups in total. The quantitative estimate of drug-likeness (QED) is 0.709. The van der Waals surface area contributed by atoms with Gasteiger partial charge in [0.05, 0.1) is 19.8 Å². The van der Waals surface area contributed by atoms with E-state index in [-0.39, 0.29) is 0 Å². The van der Waals surface area contributed by atoms with E-state index in [0.717, 1.165) is 19.7 Å². The molecule has 1 aliphatic heterocycles. The number of nitrogens with one attached hydrogen (secondary N) is 1. The van der Waals surface area contributed by atoms with E-state index in [2.05, 4.69) is 34.5 Å². The highest BCUT2D eigenvalue weighted by Gasteiger charge is 2.10. The van der Waals surface area contributed by atoms with Crippen molar-refractivity contribution in [1.82, 2.24) is 5.32 Å². The van der Waals surface area contributed by atoms with Gasteiger partial charge in [0.2, 0.25) is 0 Å². The maximum absolute atomic E-state index is 5.42. The van der Waals surface area contributed by atoms with Crippen LogP contribution in [-0.2, 0) is 16.0 Å². The van der Waals surface area contributed by atoms with Crippen LogP contribution in [0.15, 0.2) is 24.3 Å². The maximum atomic E-state index is 5.42. The largest absolute Gasteiger partial charge is 0.382 e. The highest BCUT2D eigenvalue weighted by molar-refractivity contribution is 5.47. The summed E-state index contributed by atoms with van der Waals surface area (Å²) in [6, 6.07) is 8.94. The van der Waals surface area contributed by atoms with Crippen LogP contribution in [0.1, 0.15) is 24.8 Å². The van der Waals surface area contributed by atoms with Gasteiger partial charge in [-0.05, 0) is 37.0 Å². The molecule has 0 atom stereocenters. The van der Waals surface area contributed by atoms with Crippen LogP contribution in [0.2, 0.25) is 0 Å². The summed E-state index contributed by atoms with van der Waals surface area (Å²) in [5.74, 6) is 0. The fourth-order valence-electron chi connectivity index (χ4n) is 2.60. The molecular weight excluding hydrogens is 264 g/mol. The lowest BCUT2D eigenvalue weighted by Gasteiger charge is -2.28. The number of nitrogens with zero attached hydrogens (tertiary/aromatic N) is 1. The van der Waals surface area contributed by atoms with Crippen molar-refractivity contribution in [2.75, 3.05) is 51.5 Å². The van der Waals surface area contributed by atoms with E-state index in [1.807, 2.05) is 0 Å². The van der Waals surface area contributed by atoms with Crippen molar-refractivity contribution in [3.63, 3.8) is 0 Å². The molecule has 1 saturated heterocycles. The summed E-state index contributed by atoms with van der Waals surface area (Å²) in [5, 5.41) is 3.40. The van der Waals surface area contributed by atoms with E-state index in [1.165, 1.54) is 43.6 Å². The fraction of sp³-hybridized carbons (Fsp3) is 0.647. The third-order valence-corrected chi connectivity index (χ3v) is 3.84. The first kappa shape index (κ1) is 16.3. The van der Waals surface area contributed by atoms with Crippen molar-refractivity contribution in [3.05, 3.63) is 29.8 Å². The summed E-state index contributed by atoms with van der Waals surface area (Å²) in [6.07, 6.45) is 4.03. The second-order valence-corrected chi connectivity index (χ2v) is 5.50. The lowest BCUT2D eigenvalue weighted by molar-refractivity contribution is 0.0719. The summed E-state index contributed by atoms with van der Waals surface area (Å²) in [6.45, 7) is 6.24. The zero-order valence-electron chi connectivity index (χ0n) is 13.1. The van der Waals surface area contributed by atoms with E-state index in [0.29, 0.717) is 13.2 Å². The summed E-state index contributed by atoms with van der Waals surface area (Å²) >= 11 is 0. The van der Waals surface area contributed by atoms with Gasteiger partial charge >= 0.3 is 0 Å². The van der Waals surface area contributed by atoms with Crippen LogP contribution in [0.3, 0.4) is 0 Å². The molecule has 0 radical (unpaired) electrons. The summed E-state index contributed by atoms with van der Waals surface area (Å²) in [5.41, 5.74) is 2.69. The Kier molecular flexibility index (Phi) is 7.57. The van der Waals surface area contributed by atoms with Crippen molar-refractivity contribution in [3.8, 4) is 0 Å². The Morgan fingerprint density at radius 2 is 1.76 bits per heavy atom. The normalized spacial score (nSPS) is 15.4. The van der Waals surface area contributed by atoms with Crippen LogP contribution in [0.4, 0.5) is 5.69 Å². The van der Waals surface area contributed by atoms with E-state index in [4.69, 9.17) is 9.47 Å². The Hall–Kier alpha value is -1.10. The van der Waals surface area contributed by atoms with Gasteiger partial charge in [-0.3, -0.25) is 0 Å². The van der Waals surface area contributed by atoms with Gasteiger partial charge in [0.25, 0.3) is 0 Å². The lowest BCUT2D eigenvalue weighted by atomic mass is 10.1. The number of rotatable bonds is 9. The Morgan fingerprint density at radius 1 is 1.00 bits per heavy atom. The van der Waals surface area contributed by atoms with E-state index >= 15 is 0 Å². The topological polar surface area (TPSA) is 33.7 Å². The molecule has 0 amide bonds. The third kappa shape index (κ3) is 6.04. The monoisotopic (exact) mass is 292 g/mol. The number of anilines is 1. The molecule has 4 heteroatoms. The summed E-state index contributed by atoms with van der Waals surface area (Å²) < 4.78 is 10.3. The number of hydrogen-bond acceptors (Lipinski definition) is 4. The Bertz CT molecular complexity index is 375. The minimum atomic E-state index is 0.665. The minimum Gasteiger partial charge on any atom is -0.382 e. The lowest BCUT2D eigenvalue weighted by Crippen LogP contribution is -2.29. The smallest absolute Gasteiger partial charge is 0.0700 e. The second kappa shape index (κ2) is 9.77. The van der Waals surface area contributed by atoms with Crippen LogP contribution in [0, 0.1) is 0 Å². The van der Waals surface area contributed by atoms with Gasteiger partial charge in [0.1, 0.15) is 0 Å². The van der Waals surface area contributed by atoms with E-state index in [1.54, 1.807) is 7.11 Å². The predicted molar refractivity (Wildman–Crippen MR) is 86.9 cm³/mol. The number of methoxy groups -OCH3 is 1. The Balaban J connectivity index is 1.63. The van der Waals surface area contributed by atoms with E-state index in [9.17, 15) is 0 Å². The Labute approximate surface area is 128 Å². The van der Waals surface area contributed by atoms with Gasteiger partial charge in [-0.25, -0.2) is 0 Å². The molecular formula is C17H28N2O2. The standard InChI is InChI=1S/C17H28N2O2/c1-20-13-14-21-12-9-18-15-16-5-7-17(8-6-16)19-10-3-2-4-11-19/h5-8,18H,2-4,9-15H2,1H3. The molecule has 0 unspecified atom stereocenters. The molecule has 1 heterocycles. The third-order valence-electron chi connectivity index (χ3n) is 3.84. The van der Waals surface area contributed by atoms with E-state index < -0.39 is 0 Å². The first-order chi connectivity index (χ1) is 10.4. The van der Waals surface area contributed by atoms with Gasteiger partial charge in [0.15, 0.2) is 0 Å². The molecule has 0 aliphatic carbocycles. The van der Waals surface area contributed by atoms with Gasteiger partial charge in [0, 0.05) is 39.0 Å². The Morgan fingerprint density at radius 3 is 2.48 bits per heavy atom. The number of ether oxygens (including phenoxy) is 2. The van der Waals surface area contributed by atoms with Gasteiger partial charge in [-0.1, -0.05) is 12.1 Å². The summed E-state index contributed by atoms with van der Waals surface area (Å²) in [7, 11) is 1.69. The molecule has 0 spiro atoms. The predicted octanol–water partition coefficient (Wildman–Crippen LogP) is 2.43. The van der Waals surface area contributed by atoms with Crippen molar-refractivity contribution >= 4 is 5.69 Å². The van der Waals surface area contributed by atoms with Crippen LogP contribution < -0.4 is 10.2 Å². The summed E-state index contributed by atoms with van der Waals surface area (Å²) in [4.78, 5) is 2.49. The number of benzene rings is 1. The highest BCUT2D eigenvalue weighted by Crippen LogP contribution is 2.20. The van der Waals surface area contributed by atoms with Crippen LogP contribution in [0.25, 0.3) is 0 Å². The van der Waals surface area contributed by atoms with Crippen LogP contribution in [-0.4, -0.2) is 46.6 Å². The first-order valence-electron chi connectivity index (χ1n) is 8.01. The minimum absolute atomic E-state index is 0.665. The van der Waals surface area contributed by atoms with Gasteiger partial charge in [-0.2, -0.15) is 0 Å². The van der Waals surface area contributed by atoms with Crippen molar-refractivity contribution in [2.24, 2.45) is 0 Å². The van der Waals surface area contributed by atoms with Crippen molar-refractivity contribution in [1.29, 1.82) is 0 Å². The van der Waals surface area contributed by atoms with Crippen LogP contribution in [0.5, 0.6) is 0 Å². The molecule has 21 heavy (non-hydrogen) atoms. The molecule has 2 rings (SSSR count). The number of hydrogen-bond donors (Lipinski definition) is 1. The SMILES string of the molecule is COCCOCCNCc1ccc(N2CCCCC2)cc1. The molecule has 1 aliphatic rings. The molecule has 1 aromatic rings. The maximum Gasteiger partial charge on any atom is 0.0700 e.